The minimum Gasteiger partial charge on any atom is -0.396 e. The van der Waals surface area contributed by atoms with Gasteiger partial charge in [-0.3, -0.25) is 0 Å². The van der Waals surface area contributed by atoms with Gasteiger partial charge in [-0.25, -0.2) is 8.42 Å². The van der Waals surface area contributed by atoms with Gasteiger partial charge in [-0.15, -0.1) is 0 Å². The van der Waals surface area contributed by atoms with Crippen LogP contribution in [0.15, 0.2) is 23.1 Å². The fraction of sp³-hybridized carbons (Fsp3) is 0.417. The van der Waals surface area contributed by atoms with Crippen LogP contribution < -0.4 is 0 Å². The number of aliphatic hydroxyl groups excluding tert-OH is 1. The van der Waals surface area contributed by atoms with E-state index in [1.807, 2.05) is 6.07 Å². The highest BCUT2D eigenvalue weighted by molar-refractivity contribution is 7.89. The molecule has 0 radical (unpaired) electrons. The van der Waals surface area contributed by atoms with Crippen LogP contribution in [0, 0.1) is 24.2 Å². The van der Waals surface area contributed by atoms with E-state index in [9.17, 15) is 8.42 Å². The predicted molar refractivity (Wildman–Crippen MR) is 65.2 cm³/mol. The summed E-state index contributed by atoms with van der Waals surface area (Å²) in [5, 5.41) is 17.7. The third-order valence-electron chi connectivity index (χ3n) is 3.12. The van der Waals surface area contributed by atoms with Gasteiger partial charge in [-0.05, 0) is 24.6 Å². The van der Waals surface area contributed by atoms with Gasteiger partial charge in [-0.1, -0.05) is 6.07 Å². The van der Waals surface area contributed by atoms with Crippen molar-refractivity contribution in [2.75, 3.05) is 19.7 Å². The maximum absolute atomic E-state index is 12.3. The Morgan fingerprint density at radius 3 is 2.72 bits per heavy atom. The number of nitriles is 1. The molecule has 18 heavy (non-hydrogen) atoms. The number of benzene rings is 1. The molecule has 1 fully saturated rings. The Hall–Kier alpha value is -1.42. The summed E-state index contributed by atoms with van der Waals surface area (Å²) in [5.41, 5.74) is 0.958. The van der Waals surface area contributed by atoms with Gasteiger partial charge in [-0.2, -0.15) is 9.57 Å². The van der Waals surface area contributed by atoms with Crippen molar-refractivity contribution in [1.82, 2.24) is 4.31 Å². The Bertz CT molecular complexity index is 598. The van der Waals surface area contributed by atoms with Gasteiger partial charge in [0.05, 0.1) is 16.5 Å². The maximum Gasteiger partial charge on any atom is 0.243 e. The second-order valence-corrected chi connectivity index (χ2v) is 6.37. The maximum atomic E-state index is 12.3. The zero-order valence-electron chi connectivity index (χ0n) is 10.00. The molecular weight excluding hydrogens is 252 g/mol. The Morgan fingerprint density at radius 1 is 1.50 bits per heavy atom. The van der Waals surface area contributed by atoms with Crippen LogP contribution in [0.4, 0.5) is 0 Å². The van der Waals surface area contributed by atoms with Crippen LogP contribution >= 0.6 is 0 Å². The molecule has 0 unspecified atom stereocenters. The molecule has 0 bridgehead atoms. The zero-order chi connectivity index (χ0) is 13.3. The van der Waals surface area contributed by atoms with Crippen molar-refractivity contribution in [2.45, 2.75) is 11.8 Å². The van der Waals surface area contributed by atoms with E-state index in [1.54, 1.807) is 19.1 Å². The number of hydrogen-bond acceptors (Lipinski definition) is 4. The van der Waals surface area contributed by atoms with Crippen LogP contribution in [0.25, 0.3) is 0 Å². The second-order valence-electron chi connectivity index (χ2n) is 4.46. The van der Waals surface area contributed by atoms with Gasteiger partial charge >= 0.3 is 0 Å². The molecule has 1 aromatic carbocycles. The van der Waals surface area contributed by atoms with Crippen molar-refractivity contribution in [3.63, 3.8) is 0 Å². The van der Waals surface area contributed by atoms with Gasteiger partial charge in [0.2, 0.25) is 10.0 Å². The topological polar surface area (TPSA) is 81.4 Å². The largest absolute Gasteiger partial charge is 0.396 e. The molecule has 1 aliphatic rings. The molecular formula is C12H14N2O3S. The molecule has 0 atom stereocenters. The molecule has 6 heteroatoms. The summed E-state index contributed by atoms with van der Waals surface area (Å²) in [7, 11) is -3.54. The lowest BCUT2D eigenvalue weighted by Gasteiger charge is -2.37. The quantitative estimate of drug-likeness (QED) is 0.862. The highest BCUT2D eigenvalue weighted by atomic mass is 32.2. The molecule has 1 heterocycles. The lowest BCUT2D eigenvalue weighted by Crippen LogP contribution is -2.51. The number of sulfonamides is 1. The lowest BCUT2D eigenvalue weighted by atomic mass is 10.1. The Morgan fingerprint density at radius 2 is 2.17 bits per heavy atom. The molecule has 0 saturated carbocycles. The molecule has 1 N–H and O–H groups in total. The first kappa shape index (κ1) is 13.0. The first-order valence-corrected chi connectivity index (χ1v) is 7.05. The summed E-state index contributed by atoms with van der Waals surface area (Å²) in [4.78, 5) is 0.179. The summed E-state index contributed by atoms with van der Waals surface area (Å²) >= 11 is 0. The zero-order valence-corrected chi connectivity index (χ0v) is 10.8. The molecule has 5 nitrogen and oxygen atoms in total. The highest BCUT2D eigenvalue weighted by Gasteiger charge is 2.36. The molecule has 0 spiro atoms. The van der Waals surface area contributed by atoms with E-state index in [0.717, 1.165) is 0 Å². The van der Waals surface area contributed by atoms with Crippen LogP contribution in [0.3, 0.4) is 0 Å². The minimum absolute atomic E-state index is 0.00321. The van der Waals surface area contributed by atoms with E-state index >= 15 is 0 Å². The fourth-order valence-electron chi connectivity index (χ4n) is 1.92. The number of rotatable bonds is 3. The molecule has 96 valence electrons. The molecule has 0 aromatic heterocycles. The highest BCUT2D eigenvalue weighted by Crippen LogP contribution is 2.27. The second kappa shape index (κ2) is 4.69. The summed E-state index contributed by atoms with van der Waals surface area (Å²) < 4.78 is 25.9. The van der Waals surface area contributed by atoms with Crippen LogP contribution in [-0.2, 0) is 10.0 Å². The van der Waals surface area contributed by atoms with Crippen LogP contribution in [0.1, 0.15) is 11.1 Å². The number of nitrogens with zero attached hydrogens (tertiary/aromatic N) is 2. The number of hydrogen-bond donors (Lipinski definition) is 1. The first-order chi connectivity index (χ1) is 8.48. The van der Waals surface area contributed by atoms with Gasteiger partial charge in [0.15, 0.2) is 0 Å². The molecule has 1 aliphatic heterocycles. The van der Waals surface area contributed by atoms with Crippen molar-refractivity contribution in [3.05, 3.63) is 29.3 Å². The van der Waals surface area contributed by atoms with E-state index in [0.29, 0.717) is 24.2 Å². The smallest absolute Gasteiger partial charge is 0.243 e. The standard InChI is InChI=1S/C12H14N2O3S/c1-9-2-3-10(5-13)4-12(9)18(16,17)14-6-11(7-14)8-15/h2-4,11,15H,6-8H2,1H3. The first-order valence-electron chi connectivity index (χ1n) is 5.61. The van der Waals surface area contributed by atoms with E-state index in [2.05, 4.69) is 0 Å². The number of aryl methyl sites for hydroxylation is 1. The Kier molecular flexibility index (Phi) is 3.39. The Labute approximate surface area is 106 Å². The van der Waals surface area contributed by atoms with Crippen molar-refractivity contribution < 1.29 is 13.5 Å². The van der Waals surface area contributed by atoms with E-state index in [-0.39, 0.29) is 17.4 Å². The minimum atomic E-state index is -3.54. The summed E-state index contributed by atoms with van der Waals surface area (Å²) in [5.74, 6) is 0.0271. The lowest BCUT2D eigenvalue weighted by molar-refractivity contribution is 0.117. The monoisotopic (exact) mass is 266 g/mol. The van der Waals surface area contributed by atoms with E-state index in [1.165, 1.54) is 10.4 Å². The van der Waals surface area contributed by atoms with Gasteiger partial charge in [0, 0.05) is 25.6 Å². The van der Waals surface area contributed by atoms with Crippen molar-refractivity contribution in [1.29, 1.82) is 5.26 Å². The van der Waals surface area contributed by atoms with Crippen LogP contribution in [-0.4, -0.2) is 37.5 Å². The van der Waals surface area contributed by atoms with Crippen molar-refractivity contribution in [3.8, 4) is 6.07 Å². The van der Waals surface area contributed by atoms with E-state index < -0.39 is 10.0 Å². The van der Waals surface area contributed by atoms with Gasteiger partial charge in [0.25, 0.3) is 0 Å². The average Bonchev–Trinajstić information content (AvgIpc) is 2.27. The van der Waals surface area contributed by atoms with Gasteiger partial charge < -0.3 is 5.11 Å². The van der Waals surface area contributed by atoms with Gasteiger partial charge in [0.1, 0.15) is 0 Å². The van der Waals surface area contributed by atoms with Crippen molar-refractivity contribution >= 4 is 10.0 Å². The van der Waals surface area contributed by atoms with E-state index in [4.69, 9.17) is 10.4 Å². The molecule has 0 amide bonds. The third-order valence-corrected chi connectivity index (χ3v) is 5.09. The molecule has 1 saturated heterocycles. The van der Waals surface area contributed by atoms with Crippen molar-refractivity contribution in [2.24, 2.45) is 5.92 Å². The predicted octanol–water partition coefficient (Wildman–Crippen LogP) is 0.480. The Balaban J connectivity index is 2.34. The molecule has 2 rings (SSSR count). The fourth-order valence-corrected chi connectivity index (χ4v) is 3.76. The molecule has 0 aliphatic carbocycles. The summed E-state index contributed by atoms with van der Waals surface area (Å²) in [6, 6.07) is 6.57. The number of aliphatic hydroxyl groups is 1. The molecule has 1 aromatic rings. The van der Waals surface area contributed by atoms with Crippen LogP contribution in [0.2, 0.25) is 0 Å². The van der Waals surface area contributed by atoms with Crippen LogP contribution in [0.5, 0.6) is 0 Å². The summed E-state index contributed by atoms with van der Waals surface area (Å²) in [6.07, 6.45) is 0. The SMILES string of the molecule is Cc1ccc(C#N)cc1S(=O)(=O)N1CC(CO)C1. The summed E-state index contributed by atoms with van der Waals surface area (Å²) in [6.45, 7) is 2.39. The normalized spacial score (nSPS) is 17.2. The average molecular weight is 266 g/mol. The third kappa shape index (κ3) is 2.12.